The second-order valence-electron chi connectivity index (χ2n) is 8.70. The topological polar surface area (TPSA) is 99.1 Å². The Kier molecular flexibility index (Phi) is 6.70. The van der Waals surface area contributed by atoms with Crippen molar-refractivity contribution in [2.75, 3.05) is 23.7 Å². The highest BCUT2D eigenvalue weighted by Crippen LogP contribution is 2.27. The van der Waals surface area contributed by atoms with Gasteiger partial charge in [-0.1, -0.05) is 13.8 Å². The standard InChI is InChI=1S/C26H32N6O2/c1-7-32(8-2)14-19-11-21(12-22-23(19)34-26(33)30-22)28-24-17(5)13-27-25(31-24)29-20-9-15(3)18(6)16(4)10-20/h9-13H,7-8,14H2,1-6H3,(H,30,33)(H2,27,28,29,31). The normalized spacial score (nSPS) is 11.4. The van der Waals surface area contributed by atoms with E-state index in [1.165, 1.54) is 16.7 Å². The Morgan fingerprint density at radius 1 is 0.941 bits per heavy atom. The molecule has 0 aliphatic rings. The highest BCUT2D eigenvalue weighted by atomic mass is 16.4. The van der Waals surface area contributed by atoms with Crippen LogP contribution in [-0.2, 0) is 6.54 Å². The first-order valence-electron chi connectivity index (χ1n) is 11.6. The number of aromatic amines is 1. The molecule has 0 amide bonds. The molecule has 8 nitrogen and oxygen atoms in total. The number of nitrogens with zero attached hydrogens (tertiary/aromatic N) is 3. The van der Waals surface area contributed by atoms with E-state index in [0.29, 0.717) is 29.4 Å². The minimum Gasteiger partial charge on any atom is -0.408 e. The van der Waals surface area contributed by atoms with Gasteiger partial charge in [-0.3, -0.25) is 9.88 Å². The number of rotatable bonds is 8. The summed E-state index contributed by atoms with van der Waals surface area (Å²) in [4.78, 5) is 26.1. The lowest BCUT2D eigenvalue weighted by atomic mass is 10.0. The molecule has 4 rings (SSSR count). The maximum absolute atomic E-state index is 11.9. The number of anilines is 4. The number of H-pyrrole nitrogens is 1. The van der Waals surface area contributed by atoms with Gasteiger partial charge >= 0.3 is 5.76 Å². The summed E-state index contributed by atoms with van der Waals surface area (Å²) < 4.78 is 5.43. The molecule has 2 aromatic heterocycles. The Morgan fingerprint density at radius 2 is 1.62 bits per heavy atom. The summed E-state index contributed by atoms with van der Waals surface area (Å²) in [6.07, 6.45) is 1.79. The van der Waals surface area contributed by atoms with Crippen LogP contribution >= 0.6 is 0 Å². The summed E-state index contributed by atoms with van der Waals surface area (Å²) in [6.45, 7) is 15.0. The molecule has 0 bridgehead atoms. The second-order valence-corrected chi connectivity index (χ2v) is 8.70. The third kappa shape index (κ3) is 4.97. The van der Waals surface area contributed by atoms with Crippen molar-refractivity contribution in [1.82, 2.24) is 19.9 Å². The highest BCUT2D eigenvalue weighted by molar-refractivity contribution is 5.82. The van der Waals surface area contributed by atoms with E-state index < -0.39 is 5.76 Å². The van der Waals surface area contributed by atoms with Gasteiger partial charge in [0.2, 0.25) is 5.95 Å². The minimum atomic E-state index is -0.457. The van der Waals surface area contributed by atoms with Crippen LogP contribution in [0.1, 0.15) is 41.7 Å². The van der Waals surface area contributed by atoms with Crippen LogP contribution in [0.3, 0.4) is 0 Å². The third-order valence-electron chi connectivity index (χ3n) is 6.30. The molecule has 3 N–H and O–H groups in total. The van der Waals surface area contributed by atoms with Gasteiger partial charge in [-0.15, -0.1) is 0 Å². The number of hydrogen-bond donors (Lipinski definition) is 3. The van der Waals surface area contributed by atoms with Gasteiger partial charge in [-0.05, 0) is 81.7 Å². The molecule has 0 aliphatic heterocycles. The molecule has 0 aliphatic carbocycles. The molecule has 0 atom stereocenters. The van der Waals surface area contributed by atoms with Gasteiger partial charge in [0.05, 0.1) is 5.52 Å². The Morgan fingerprint density at radius 3 is 2.29 bits per heavy atom. The molecule has 2 aromatic carbocycles. The van der Waals surface area contributed by atoms with Gasteiger partial charge in [-0.2, -0.15) is 4.98 Å². The average molecular weight is 461 g/mol. The second kappa shape index (κ2) is 9.69. The van der Waals surface area contributed by atoms with Crippen LogP contribution in [0.4, 0.5) is 23.1 Å². The zero-order chi connectivity index (χ0) is 24.4. The van der Waals surface area contributed by atoms with Gasteiger partial charge in [0, 0.05) is 35.2 Å². The summed E-state index contributed by atoms with van der Waals surface area (Å²) in [5.41, 5.74) is 8.60. The van der Waals surface area contributed by atoms with Gasteiger partial charge in [-0.25, -0.2) is 9.78 Å². The molecule has 34 heavy (non-hydrogen) atoms. The molecule has 4 aromatic rings. The van der Waals surface area contributed by atoms with E-state index in [4.69, 9.17) is 9.40 Å². The van der Waals surface area contributed by atoms with Crippen LogP contribution < -0.4 is 16.4 Å². The largest absolute Gasteiger partial charge is 0.417 e. The van der Waals surface area contributed by atoms with Crippen molar-refractivity contribution in [2.45, 2.75) is 48.1 Å². The molecule has 0 fully saturated rings. The fourth-order valence-corrected chi connectivity index (χ4v) is 4.01. The van der Waals surface area contributed by atoms with Gasteiger partial charge in [0.1, 0.15) is 5.82 Å². The predicted molar refractivity (Wildman–Crippen MR) is 137 cm³/mol. The van der Waals surface area contributed by atoms with Gasteiger partial charge < -0.3 is 15.1 Å². The zero-order valence-electron chi connectivity index (χ0n) is 20.7. The van der Waals surface area contributed by atoms with Crippen LogP contribution in [0.2, 0.25) is 0 Å². The van der Waals surface area contributed by atoms with E-state index in [1.54, 1.807) is 6.20 Å². The van der Waals surface area contributed by atoms with E-state index in [2.05, 4.69) is 72.3 Å². The predicted octanol–water partition coefficient (Wildman–Crippen LogP) is 5.47. The first-order chi connectivity index (χ1) is 16.3. The van der Waals surface area contributed by atoms with Gasteiger partial charge in [0.25, 0.3) is 0 Å². The molecule has 178 valence electrons. The molecule has 0 radical (unpaired) electrons. The third-order valence-corrected chi connectivity index (χ3v) is 6.30. The molecular formula is C26H32N6O2. The van der Waals surface area contributed by atoms with Crippen molar-refractivity contribution in [2.24, 2.45) is 0 Å². The Hall–Kier alpha value is -3.65. The molecular weight excluding hydrogens is 428 g/mol. The van der Waals surface area contributed by atoms with Crippen molar-refractivity contribution in [3.63, 3.8) is 0 Å². The lowest BCUT2D eigenvalue weighted by molar-refractivity contribution is 0.295. The number of benzene rings is 2. The summed E-state index contributed by atoms with van der Waals surface area (Å²) in [5, 5.41) is 6.73. The van der Waals surface area contributed by atoms with E-state index in [-0.39, 0.29) is 0 Å². The molecule has 0 saturated carbocycles. The minimum absolute atomic E-state index is 0.457. The van der Waals surface area contributed by atoms with E-state index in [0.717, 1.165) is 35.6 Å². The molecule has 0 spiro atoms. The monoisotopic (exact) mass is 460 g/mol. The molecule has 0 saturated heterocycles. The number of hydrogen-bond acceptors (Lipinski definition) is 7. The summed E-state index contributed by atoms with van der Waals surface area (Å²) in [7, 11) is 0. The first kappa shape index (κ1) is 23.5. The molecule has 0 unspecified atom stereocenters. The summed E-state index contributed by atoms with van der Waals surface area (Å²) in [5.74, 6) is 0.746. The fourth-order valence-electron chi connectivity index (χ4n) is 4.01. The van der Waals surface area contributed by atoms with Crippen LogP contribution in [0.25, 0.3) is 11.1 Å². The van der Waals surface area contributed by atoms with Crippen LogP contribution in [0.15, 0.2) is 39.7 Å². The lowest BCUT2D eigenvalue weighted by Crippen LogP contribution is -2.22. The number of aryl methyl sites for hydroxylation is 3. The Labute approximate surface area is 199 Å². The van der Waals surface area contributed by atoms with Gasteiger partial charge in [0.15, 0.2) is 5.58 Å². The average Bonchev–Trinajstić information content (AvgIpc) is 3.18. The van der Waals surface area contributed by atoms with Crippen LogP contribution in [0, 0.1) is 27.7 Å². The number of aromatic nitrogens is 3. The van der Waals surface area contributed by atoms with E-state index in [9.17, 15) is 4.79 Å². The van der Waals surface area contributed by atoms with Crippen molar-refractivity contribution in [1.29, 1.82) is 0 Å². The highest BCUT2D eigenvalue weighted by Gasteiger charge is 2.14. The maximum Gasteiger partial charge on any atom is 0.417 e. The Balaban J connectivity index is 1.66. The number of oxazole rings is 1. The smallest absolute Gasteiger partial charge is 0.408 e. The lowest BCUT2D eigenvalue weighted by Gasteiger charge is -2.19. The van der Waals surface area contributed by atoms with Crippen LogP contribution in [-0.4, -0.2) is 32.9 Å². The maximum atomic E-state index is 11.9. The Bertz CT molecular complexity index is 1360. The summed E-state index contributed by atoms with van der Waals surface area (Å²) in [6, 6.07) is 8.08. The quantitative estimate of drug-likeness (QED) is 0.320. The molecule has 8 heteroatoms. The number of fused-ring (bicyclic) bond motifs is 1. The van der Waals surface area contributed by atoms with Crippen molar-refractivity contribution in [3.05, 3.63) is 68.8 Å². The summed E-state index contributed by atoms with van der Waals surface area (Å²) >= 11 is 0. The van der Waals surface area contributed by atoms with Crippen molar-refractivity contribution < 1.29 is 4.42 Å². The van der Waals surface area contributed by atoms with Crippen molar-refractivity contribution in [3.8, 4) is 0 Å². The zero-order valence-corrected chi connectivity index (χ0v) is 20.7. The van der Waals surface area contributed by atoms with Crippen LogP contribution in [0.5, 0.6) is 0 Å². The first-order valence-corrected chi connectivity index (χ1v) is 11.6. The number of nitrogens with one attached hydrogen (secondary N) is 3. The molecule has 2 heterocycles. The van der Waals surface area contributed by atoms with E-state index >= 15 is 0 Å². The fraction of sp³-hybridized carbons (Fsp3) is 0.346. The van der Waals surface area contributed by atoms with Crippen molar-refractivity contribution >= 4 is 34.2 Å². The SMILES string of the molecule is CCN(CC)Cc1cc(Nc2nc(Nc3cc(C)c(C)c(C)c3)ncc2C)cc2[nH]c(=O)oc12. The van der Waals surface area contributed by atoms with E-state index in [1.807, 2.05) is 19.1 Å².